The Hall–Kier alpha value is 0.260. The molecule has 0 aromatic heterocycles. The predicted molar refractivity (Wildman–Crippen MR) is 85.8 cm³/mol. The molecule has 0 saturated carbocycles. The predicted octanol–water partition coefficient (Wildman–Crippen LogP) is 3.71. The molecular weight excluding hydrogens is 341 g/mol. The molecule has 2 rings (SSSR count). The van der Waals surface area contributed by atoms with E-state index in [9.17, 15) is 0 Å². The first-order valence-electron chi connectivity index (χ1n) is 6.33. The van der Waals surface area contributed by atoms with Crippen molar-refractivity contribution < 1.29 is 0 Å². The minimum Gasteiger partial charge on any atom is -0.316 e. The van der Waals surface area contributed by atoms with E-state index in [1.807, 2.05) is 0 Å². The average molecular weight is 361 g/mol. The van der Waals surface area contributed by atoms with Crippen molar-refractivity contribution >= 4 is 34.4 Å². The van der Waals surface area contributed by atoms with Gasteiger partial charge < -0.3 is 5.32 Å². The highest BCUT2D eigenvalue weighted by Gasteiger charge is 2.22. The first-order valence-corrected chi connectivity index (χ1v) is 8.45. The lowest BCUT2D eigenvalue weighted by atomic mass is 10.00. The van der Waals surface area contributed by atoms with Crippen LogP contribution >= 0.6 is 34.4 Å². The van der Waals surface area contributed by atoms with E-state index in [4.69, 9.17) is 0 Å². The van der Waals surface area contributed by atoms with E-state index in [0.717, 1.165) is 11.7 Å². The number of benzene rings is 1. The molecule has 2 unspecified atom stereocenters. The van der Waals surface area contributed by atoms with E-state index in [1.165, 1.54) is 34.1 Å². The number of thioether (sulfide) groups is 1. The smallest absolute Gasteiger partial charge is 0.0223 e. The molecule has 0 amide bonds. The molecule has 1 fully saturated rings. The van der Waals surface area contributed by atoms with Crippen LogP contribution in [-0.2, 0) is 6.42 Å². The highest BCUT2D eigenvalue weighted by molar-refractivity contribution is 14.1. The van der Waals surface area contributed by atoms with Crippen LogP contribution in [-0.4, -0.2) is 24.1 Å². The van der Waals surface area contributed by atoms with Gasteiger partial charge >= 0.3 is 0 Å². The third kappa shape index (κ3) is 4.14. The summed E-state index contributed by atoms with van der Waals surface area (Å²) in [5.41, 5.74) is 1.45. The Labute approximate surface area is 122 Å². The normalized spacial score (nSPS) is 22.4. The van der Waals surface area contributed by atoms with Crippen molar-refractivity contribution in [3.63, 3.8) is 0 Å². The van der Waals surface area contributed by atoms with Gasteiger partial charge in [0.15, 0.2) is 0 Å². The molecule has 3 heteroatoms. The Morgan fingerprint density at radius 2 is 2.12 bits per heavy atom. The van der Waals surface area contributed by atoms with Crippen LogP contribution in [0.1, 0.15) is 24.8 Å². The molecular formula is C14H20INS. The van der Waals surface area contributed by atoms with Gasteiger partial charge in [0, 0.05) is 14.9 Å². The summed E-state index contributed by atoms with van der Waals surface area (Å²) in [6, 6.07) is 9.56. The van der Waals surface area contributed by atoms with E-state index < -0.39 is 0 Å². The zero-order chi connectivity index (χ0) is 12.1. The number of nitrogens with one attached hydrogen (secondary N) is 1. The lowest BCUT2D eigenvalue weighted by Crippen LogP contribution is -2.38. The second-order valence-corrected chi connectivity index (χ2v) is 7.22. The highest BCUT2D eigenvalue weighted by Crippen LogP contribution is 2.28. The molecule has 1 aliphatic heterocycles. The lowest BCUT2D eigenvalue weighted by Gasteiger charge is -2.29. The van der Waals surface area contributed by atoms with Gasteiger partial charge in [0.05, 0.1) is 0 Å². The number of hydrogen-bond donors (Lipinski definition) is 1. The summed E-state index contributed by atoms with van der Waals surface area (Å²) in [5.74, 6) is 1.34. The van der Waals surface area contributed by atoms with Crippen molar-refractivity contribution in [3.8, 4) is 0 Å². The first kappa shape index (κ1) is 13.7. The Balaban J connectivity index is 1.96. The van der Waals surface area contributed by atoms with Crippen LogP contribution in [0.4, 0.5) is 0 Å². The van der Waals surface area contributed by atoms with Crippen LogP contribution in [0.15, 0.2) is 24.3 Å². The summed E-state index contributed by atoms with van der Waals surface area (Å²) in [6.07, 6.45) is 5.34. The summed E-state index contributed by atoms with van der Waals surface area (Å²) >= 11 is 4.52. The number of rotatable bonds is 4. The molecule has 1 heterocycles. The topological polar surface area (TPSA) is 12.0 Å². The van der Waals surface area contributed by atoms with Crippen molar-refractivity contribution in [2.45, 2.75) is 37.0 Å². The van der Waals surface area contributed by atoms with Crippen molar-refractivity contribution in [2.24, 2.45) is 0 Å². The fraction of sp³-hybridized carbons (Fsp3) is 0.571. The van der Waals surface area contributed by atoms with Crippen molar-refractivity contribution in [2.75, 3.05) is 12.8 Å². The van der Waals surface area contributed by atoms with E-state index in [1.54, 1.807) is 0 Å². The standard InChI is InChI=1S/C14H20INS/c1-16-13(14-4-2-3-9-17-14)10-11-5-7-12(15)8-6-11/h5-8,13-14,16H,2-4,9-10H2,1H3. The highest BCUT2D eigenvalue weighted by atomic mass is 127. The fourth-order valence-electron chi connectivity index (χ4n) is 2.38. The monoisotopic (exact) mass is 361 g/mol. The third-order valence-corrected chi connectivity index (χ3v) is 5.64. The van der Waals surface area contributed by atoms with Gasteiger partial charge in [-0.2, -0.15) is 11.8 Å². The fourth-order valence-corrected chi connectivity index (χ4v) is 4.21. The Morgan fingerprint density at radius 1 is 1.35 bits per heavy atom. The average Bonchev–Trinajstić information content (AvgIpc) is 2.39. The van der Waals surface area contributed by atoms with Gasteiger partial charge in [0.25, 0.3) is 0 Å². The summed E-state index contributed by atoms with van der Waals surface area (Å²) in [7, 11) is 2.10. The summed E-state index contributed by atoms with van der Waals surface area (Å²) in [5, 5.41) is 4.31. The maximum absolute atomic E-state index is 3.51. The molecule has 17 heavy (non-hydrogen) atoms. The zero-order valence-electron chi connectivity index (χ0n) is 10.3. The van der Waals surface area contributed by atoms with Gasteiger partial charge in [-0.15, -0.1) is 0 Å². The van der Waals surface area contributed by atoms with Gasteiger partial charge in [0.2, 0.25) is 0 Å². The van der Waals surface area contributed by atoms with E-state index in [0.29, 0.717) is 6.04 Å². The zero-order valence-corrected chi connectivity index (χ0v) is 13.3. The minimum atomic E-state index is 0.625. The molecule has 1 nitrogen and oxygen atoms in total. The quantitative estimate of drug-likeness (QED) is 0.821. The van der Waals surface area contributed by atoms with Crippen molar-refractivity contribution in [3.05, 3.63) is 33.4 Å². The number of hydrogen-bond acceptors (Lipinski definition) is 2. The molecule has 1 saturated heterocycles. The van der Waals surface area contributed by atoms with Crippen LogP contribution in [0.3, 0.4) is 0 Å². The van der Waals surface area contributed by atoms with Crippen LogP contribution in [0, 0.1) is 3.57 Å². The maximum atomic E-state index is 3.51. The van der Waals surface area contributed by atoms with E-state index in [2.05, 4.69) is 71.0 Å². The second-order valence-electron chi connectivity index (χ2n) is 4.63. The first-order chi connectivity index (χ1) is 8.29. The Bertz CT molecular complexity index is 333. The Kier molecular flexibility index (Phi) is 5.63. The summed E-state index contributed by atoms with van der Waals surface area (Å²) < 4.78 is 1.32. The van der Waals surface area contributed by atoms with E-state index >= 15 is 0 Å². The lowest BCUT2D eigenvalue weighted by molar-refractivity contribution is 0.495. The van der Waals surface area contributed by atoms with Gasteiger partial charge in [-0.05, 0) is 72.4 Å². The second kappa shape index (κ2) is 7.00. The third-order valence-electron chi connectivity index (χ3n) is 3.40. The van der Waals surface area contributed by atoms with Crippen molar-refractivity contribution in [1.29, 1.82) is 0 Å². The molecule has 0 bridgehead atoms. The molecule has 1 N–H and O–H groups in total. The van der Waals surface area contributed by atoms with Gasteiger partial charge in [-0.1, -0.05) is 18.6 Å². The van der Waals surface area contributed by atoms with Gasteiger partial charge in [-0.25, -0.2) is 0 Å². The maximum Gasteiger partial charge on any atom is 0.0223 e. The molecule has 1 aromatic carbocycles. The van der Waals surface area contributed by atoms with Crippen LogP contribution in [0.25, 0.3) is 0 Å². The van der Waals surface area contributed by atoms with Gasteiger partial charge in [-0.3, -0.25) is 0 Å². The number of likely N-dealkylation sites (N-methyl/N-ethyl adjacent to an activating group) is 1. The molecule has 0 radical (unpaired) electrons. The Morgan fingerprint density at radius 3 is 2.71 bits per heavy atom. The molecule has 2 atom stereocenters. The molecule has 1 aliphatic rings. The summed E-state index contributed by atoms with van der Waals surface area (Å²) in [6.45, 7) is 0. The van der Waals surface area contributed by atoms with Crippen molar-refractivity contribution in [1.82, 2.24) is 5.32 Å². The number of halogens is 1. The molecule has 0 aliphatic carbocycles. The van der Waals surface area contributed by atoms with Crippen LogP contribution < -0.4 is 5.32 Å². The largest absolute Gasteiger partial charge is 0.316 e. The van der Waals surface area contributed by atoms with Gasteiger partial charge in [0.1, 0.15) is 0 Å². The van der Waals surface area contributed by atoms with E-state index in [-0.39, 0.29) is 0 Å². The molecule has 94 valence electrons. The van der Waals surface area contributed by atoms with Crippen LogP contribution in [0.2, 0.25) is 0 Å². The molecule has 0 spiro atoms. The molecule has 1 aromatic rings. The minimum absolute atomic E-state index is 0.625. The SMILES string of the molecule is CNC(Cc1ccc(I)cc1)C1CCCCS1. The van der Waals surface area contributed by atoms with Crippen LogP contribution in [0.5, 0.6) is 0 Å². The summed E-state index contributed by atoms with van der Waals surface area (Å²) in [4.78, 5) is 0.